The topological polar surface area (TPSA) is 17.8 Å². The van der Waals surface area contributed by atoms with Crippen LogP contribution in [0.1, 0.15) is 96.5 Å². The third-order valence-corrected chi connectivity index (χ3v) is 6.85. The van der Waals surface area contributed by atoms with Crippen molar-refractivity contribution < 1.29 is 0 Å². The van der Waals surface area contributed by atoms with Crippen molar-refractivity contribution in [2.45, 2.75) is 97.4 Å². The number of hydrogen-bond donors (Lipinski definition) is 0. The van der Waals surface area contributed by atoms with Crippen molar-refractivity contribution in [2.75, 3.05) is 0 Å². The molecule has 2 heterocycles. The van der Waals surface area contributed by atoms with Gasteiger partial charge in [0.2, 0.25) is 0 Å². The minimum Gasteiger partial charge on any atom is -0.332 e. The first-order valence-electron chi connectivity index (χ1n) is 9.46. The first-order valence-corrected chi connectivity index (χ1v) is 10.3. The van der Waals surface area contributed by atoms with Crippen LogP contribution < -0.4 is 0 Å². The summed E-state index contributed by atoms with van der Waals surface area (Å²) in [4.78, 5) is 7.71. The summed E-state index contributed by atoms with van der Waals surface area (Å²) in [6.07, 6.45) is 6.56. The van der Waals surface area contributed by atoms with Gasteiger partial charge in [0.1, 0.15) is 0 Å². The Labute approximate surface area is 158 Å². The van der Waals surface area contributed by atoms with Crippen molar-refractivity contribution in [2.24, 2.45) is 0 Å². The van der Waals surface area contributed by atoms with Gasteiger partial charge in [-0.15, -0.1) is 11.3 Å². The summed E-state index contributed by atoms with van der Waals surface area (Å²) in [5, 5.41) is 0. The zero-order chi connectivity index (χ0) is 19.0. The Morgan fingerprint density at radius 2 is 1.68 bits per heavy atom. The lowest BCUT2D eigenvalue weighted by Crippen LogP contribution is -2.21. The molecule has 0 aliphatic carbocycles. The molecule has 2 rings (SSSR count). The average Bonchev–Trinajstić information content (AvgIpc) is 3.12. The quantitative estimate of drug-likeness (QED) is 0.569. The van der Waals surface area contributed by atoms with Gasteiger partial charge in [-0.25, -0.2) is 4.98 Å². The highest BCUT2D eigenvalue weighted by Crippen LogP contribution is 2.37. The van der Waals surface area contributed by atoms with Crippen LogP contribution in [0.2, 0.25) is 0 Å². The van der Waals surface area contributed by atoms with Gasteiger partial charge >= 0.3 is 0 Å². The van der Waals surface area contributed by atoms with Crippen LogP contribution in [0.3, 0.4) is 0 Å². The molecule has 140 valence electrons. The highest BCUT2D eigenvalue weighted by molar-refractivity contribution is 7.12. The minimum absolute atomic E-state index is 0.0922. The molecule has 2 aromatic rings. The lowest BCUT2D eigenvalue weighted by atomic mass is 9.82. The summed E-state index contributed by atoms with van der Waals surface area (Å²) < 4.78 is 2.22. The SMILES string of the molecule is CC(CCC(C)(C)c1cn(C(C)(C)C)cn1)c1ccc(C(C)(C)C)s1. The summed E-state index contributed by atoms with van der Waals surface area (Å²) in [6, 6.07) is 4.64. The predicted molar refractivity (Wildman–Crippen MR) is 111 cm³/mol. The first kappa shape index (κ1) is 20.2. The minimum atomic E-state index is 0.0922. The molecular weight excluding hydrogens is 324 g/mol. The van der Waals surface area contributed by atoms with Crippen molar-refractivity contribution >= 4 is 11.3 Å². The summed E-state index contributed by atoms with van der Waals surface area (Å²) in [5.41, 5.74) is 1.65. The Kier molecular flexibility index (Phi) is 5.59. The van der Waals surface area contributed by atoms with E-state index in [1.54, 1.807) is 0 Å². The van der Waals surface area contributed by atoms with Gasteiger partial charge in [-0.2, -0.15) is 0 Å². The maximum atomic E-state index is 4.71. The van der Waals surface area contributed by atoms with Crippen LogP contribution in [-0.4, -0.2) is 9.55 Å². The van der Waals surface area contributed by atoms with Crippen LogP contribution in [0.5, 0.6) is 0 Å². The van der Waals surface area contributed by atoms with Gasteiger partial charge < -0.3 is 4.57 Å². The Balaban J connectivity index is 2.04. The molecule has 2 nitrogen and oxygen atoms in total. The predicted octanol–water partition coefficient (Wildman–Crippen LogP) is 6.86. The molecule has 25 heavy (non-hydrogen) atoms. The smallest absolute Gasteiger partial charge is 0.0954 e. The van der Waals surface area contributed by atoms with E-state index in [0.29, 0.717) is 5.92 Å². The van der Waals surface area contributed by atoms with Gasteiger partial charge in [-0.3, -0.25) is 0 Å². The fourth-order valence-corrected chi connectivity index (χ4v) is 4.06. The summed E-state index contributed by atoms with van der Waals surface area (Å²) >= 11 is 1.98. The third kappa shape index (κ3) is 4.97. The molecule has 0 N–H and O–H groups in total. The molecule has 0 fully saturated rings. The molecular formula is C22H36N2S. The molecule has 0 bridgehead atoms. The van der Waals surface area contributed by atoms with E-state index in [-0.39, 0.29) is 16.4 Å². The van der Waals surface area contributed by atoms with Gasteiger partial charge in [-0.05, 0) is 57.1 Å². The number of thiophene rings is 1. The van der Waals surface area contributed by atoms with Crippen molar-refractivity contribution in [3.05, 3.63) is 40.1 Å². The van der Waals surface area contributed by atoms with Crippen LogP contribution in [-0.2, 0) is 16.4 Å². The van der Waals surface area contributed by atoms with Gasteiger partial charge in [0.25, 0.3) is 0 Å². The Morgan fingerprint density at radius 3 is 2.16 bits per heavy atom. The molecule has 2 aromatic heterocycles. The number of rotatable bonds is 5. The maximum absolute atomic E-state index is 4.71. The van der Waals surface area contributed by atoms with Gasteiger partial charge in [0.15, 0.2) is 0 Å². The van der Waals surface area contributed by atoms with Gasteiger partial charge in [0, 0.05) is 26.9 Å². The van der Waals surface area contributed by atoms with Crippen molar-refractivity contribution in [3.63, 3.8) is 0 Å². The number of aromatic nitrogens is 2. The van der Waals surface area contributed by atoms with Crippen LogP contribution in [0.4, 0.5) is 0 Å². The third-order valence-electron chi connectivity index (χ3n) is 5.10. The average molecular weight is 361 g/mol. The normalized spacial score (nSPS) is 14.8. The van der Waals surface area contributed by atoms with Crippen LogP contribution in [0.25, 0.3) is 0 Å². The molecule has 1 unspecified atom stereocenters. The highest BCUT2D eigenvalue weighted by atomic mass is 32.1. The monoisotopic (exact) mass is 360 g/mol. The van der Waals surface area contributed by atoms with Crippen LogP contribution in [0.15, 0.2) is 24.7 Å². The van der Waals surface area contributed by atoms with E-state index in [1.807, 2.05) is 17.7 Å². The number of nitrogens with zero attached hydrogens (tertiary/aromatic N) is 2. The van der Waals surface area contributed by atoms with E-state index >= 15 is 0 Å². The first-order chi connectivity index (χ1) is 11.3. The second-order valence-corrected chi connectivity index (χ2v) is 11.2. The van der Waals surface area contributed by atoms with Crippen molar-refractivity contribution in [3.8, 4) is 0 Å². The lowest BCUT2D eigenvalue weighted by Gasteiger charge is -2.25. The second kappa shape index (κ2) is 6.90. The molecule has 3 heteroatoms. The van der Waals surface area contributed by atoms with Crippen LogP contribution >= 0.6 is 11.3 Å². The lowest BCUT2D eigenvalue weighted by molar-refractivity contribution is 0.392. The molecule has 0 radical (unpaired) electrons. The standard InChI is InChI=1S/C22H36N2S/c1-16(17-10-11-19(25-17)20(2,3)4)12-13-22(8,9)18-14-24(15-23-18)21(5,6)7/h10-11,14-16H,12-13H2,1-9H3. The van der Waals surface area contributed by atoms with E-state index < -0.39 is 0 Å². The largest absolute Gasteiger partial charge is 0.332 e. The molecule has 0 saturated carbocycles. The molecule has 0 aromatic carbocycles. The second-order valence-electron chi connectivity index (χ2n) is 10.1. The summed E-state index contributed by atoms with van der Waals surface area (Å²) in [7, 11) is 0. The molecule has 0 aliphatic heterocycles. The molecule has 1 atom stereocenters. The van der Waals surface area contributed by atoms with E-state index in [2.05, 4.69) is 85.2 Å². The zero-order valence-electron chi connectivity index (χ0n) is 17.6. The van der Waals surface area contributed by atoms with Gasteiger partial charge in [-0.1, -0.05) is 41.5 Å². The Bertz CT molecular complexity index is 692. The Hall–Kier alpha value is -1.09. The molecule has 0 amide bonds. The fourth-order valence-electron chi connectivity index (χ4n) is 2.91. The number of hydrogen-bond acceptors (Lipinski definition) is 2. The molecule has 0 spiro atoms. The summed E-state index contributed by atoms with van der Waals surface area (Å²) in [5.74, 6) is 0.602. The van der Waals surface area contributed by atoms with Gasteiger partial charge in [0.05, 0.1) is 12.0 Å². The van der Waals surface area contributed by atoms with E-state index in [9.17, 15) is 0 Å². The molecule has 0 aliphatic rings. The van der Waals surface area contributed by atoms with Crippen molar-refractivity contribution in [1.29, 1.82) is 0 Å². The van der Waals surface area contributed by atoms with Crippen molar-refractivity contribution in [1.82, 2.24) is 9.55 Å². The van der Waals surface area contributed by atoms with Crippen LogP contribution in [0, 0.1) is 0 Å². The van der Waals surface area contributed by atoms with E-state index in [4.69, 9.17) is 4.98 Å². The van der Waals surface area contributed by atoms with E-state index in [1.165, 1.54) is 21.9 Å². The zero-order valence-corrected chi connectivity index (χ0v) is 18.4. The maximum Gasteiger partial charge on any atom is 0.0954 e. The highest BCUT2D eigenvalue weighted by Gasteiger charge is 2.26. The summed E-state index contributed by atoms with van der Waals surface area (Å²) in [6.45, 7) is 20.5. The van der Waals surface area contributed by atoms with E-state index in [0.717, 1.165) is 6.42 Å². The Morgan fingerprint density at radius 1 is 1.04 bits per heavy atom. The molecule has 0 saturated heterocycles. The number of imidazole rings is 1. The fraction of sp³-hybridized carbons (Fsp3) is 0.682.